The first-order valence-corrected chi connectivity index (χ1v) is 6.40. The molecule has 1 N–H and O–H groups in total. The van der Waals surface area contributed by atoms with Crippen LogP contribution in [0.1, 0.15) is 24.9 Å². The molecule has 1 heterocycles. The molecule has 18 heavy (non-hydrogen) atoms. The van der Waals surface area contributed by atoms with Crippen molar-refractivity contribution in [3.8, 4) is 0 Å². The van der Waals surface area contributed by atoms with Crippen LogP contribution in [0.25, 0.3) is 11.0 Å². The molecular weight excluding hydrogens is 226 g/mol. The van der Waals surface area contributed by atoms with Gasteiger partial charge in [0.15, 0.2) is 0 Å². The summed E-state index contributed by atoms with van der Waals surface area (Å²) < 4.78 is 10.8. The van der Waals surface area contributed by atoms with Crippen LogP contribution in [-0.2, 0) is 4.74 Å². The lowest BCUT2D eigenvalue weighted by atomic mass is 9.92. The third-order valence-electron chi connectivity index (χ3n) is 3.50. The molecule has 2 rings (SSSR count). The number of nitrogens with one attached hydrogen (secondary N) is 1. The fourth-order valence-electron chi connectivity index (χ4n) is 2.46. The van der Waals surface area contributed by atoms with Gasteiger partial charge in [0.1, 0.15) is 5.58 Å². The Morgan fingerprint density at radius 3 is 2.83 bits per heavy atom. The summed E-state index contributed by atoms with van der Waals surface area (Å²) in [6.07, 6.45) is 2.90. The summed E-state index contributed by atoms with van der Waals surface area (Å²) >= 11 is 0. The van der Waals surface area contributed by atoms with Crippen LogP contribution in [0.3, 0.4) is 0 Å². The fraction of sp³-hybridized carbons (Fsp3) is 0.467. The molecule has 98 valence electrons. The van der Waals surface area contributed by atoms with Gasteiger partial charge in [-0.2, -0.15) is 0 Å². The number of para-hydroxylation sites is 1. The molecule has 1 aromatic carbocycles. The number of fused-ring (bicyclic) bond motifs is 1. The Balaban J connectivity index is 2.26. The lowest BCUT2D eigenvalue weighted by Gasteiger charge is -2.22. The Labute approximate surface area is 108 Å². The molecule has 3 heteroatoms. The molecule has 0 amide bonds. The molecule has 0 spiro atoms. The molecule has 2 unspecified atom stereocenters. The van der Waals surface area contributed by atoms with Crippen molar-refractivity contribution >= 4 is 11.0 Å². The minimum Gasteiger partial charge on any atom is -0.464 e. The first-order valence-electron chi connectivity index (χ1n) is 6.40. The van der Waals surface area contributed by atoms with Gasteiger partial charge in [-0.3, -0.25) is 0 Å². The van der Waals surface area contributed by atoms with Crippen LogP contribution in [0.15, 0.2) is 34.9 Å². The average Bonchev–Trinajstić information content (AvgIpc) is 2.81. The molecular formula is C15H21NO2. The van der Waals surface area contributed by atoms with Crippen LogP contribution in [0, 0.1) is 5.92 Å². The van der Waals surface area contributed by atoms with Gasteiger partial charge in [-0.1, -0.05) is 25.1 Å². The third-order valence-corrected chi connectivity index (χ3v) is 3.50. The van der Waals surface area contributed by atoms with E-state index in [9.17, 15) is 0 Å². The molecule has 0 radical (unpaired) electrons. The number of hydrogen-bond acceptors (Lipinski definition) is 3. The SMILES string of the molecule is CNC(c1coc2ccccc12)C(C)CCOC. The molecule has 3 nitrogen and oxygen atoms in total. The van der Waals surface area contributed by atoms with Crippen molar-refractivity contribution in [3.05, 3.63) is 36.1 Å². The second kappa shape index (κ2) is 6.03. The van der Waals surface area contributed by atoms with Crippen molar-refractivity contribution in [1.29, 1.82) is 0 Å². The standard InChI is InChI=1S/C15H21NO2/c1-11(8-9-17-3)15(16-2)13-10-18-14-7-5-4-6-12(13)14/h4-7,10-11,15-16H,8-9H2,1-3H3. The van der Waals surface area contributed by atoms with Gasteiger partial charge >= 0.3 is 0 Å². The number of furan rings is 1. The zero-order valence-electron chi connectivity index (χ0n) is 11.3. The monoisotopic (exact) mass is 247 g/mol. The van der Waals surface area contributed by atoms with Crippen LogP contribution in [0.4, 0.5) is 0 Å². The molecule has 0 bridgehead atoms. The highest BCUT2D eigenvalue weighted by Crippen LogP contribution is 2.31. The maximum atomic E-state index is 5.62. The van der Waals surface area contributed by atoms with E-state index in [2.05, 4.69) is 18.3 Å². The summed E-state index contributed by atoms with van der Waals surface area (Å²) in [4.78, 5) is 0. The van der Waals surface area contributed by atoms with Gasteiger partial charge in [-0.25, -0.2) is 0 Å². The molecule has 0 saturated heterocycles. The molecule has 0 aliphatic heterocycles. The predicted octanol–water partition coefficient (Wildman–Crippen LogP) is 3.37. The van der Waals surface area contributed by atoms with Crippen molar-refractivity contribution in [3.63, 3.8) is 0 Å². The Morgan fingerprint density at radius 1 is 1.33 bits per heavy atom. The van der Waals surface area contributed by atoms with Crippen molar-refractivity contribution in [2.24, 2.45) is 5.92 Å². The maximum Gasteiger partial charge on any atom is 0.134 e. The summed E-state index contributed by atoms with van der Waals surface area (Å²) in [5.41, 5.74) is 2.18. The normalized spacial score (nSPS) is 14.8. The van der Waals surface area contributed by atoms with Gasteiger partial charge < -0.3 is 14.5 Å². The smallest absolute Gasteiger partial charge is 0.134 e. The number of methoxy groups -OCH3 is 1. The van der Waals surface area contributed by atoms with E-state index in [4.69, 9.17) is 9.15 Å². The maximum absolute atomic E-state index is 5.62. The number of ether oxygens (including phenoxy) is 1. The van der Waals surface area contributed by atoms with Crippen molar-refractivity contribution in [2.75, 3.05) is 20.8 Å². The second-order valence-electron chi connectivity index (χ2n) is 4.71. The van der Waals surface area contributed by atoms with E-state index in [1.807, 2.05) is 31.5 Å². The predicted molar refractivity (Wildman–Crippen MR) is 73.7 cm³/mol. The van der Waals surface area contributed by atoms with Gasteiger partial charge in [0.2, 0.25) is 0 Å². The minimum absolute atomic E-state index is 0.295. The van der Waals surface area contributed by atoms with Gasteiger partial charge in [0.05, 0.1) is 6.26 Å². The number of rotatable bonds is 6. The highest BCUT2D eigenvalue weighted by molar-refractivity contribution is 5.81. The first-order chi connectivity index (χ1) is 8.77. The first kappa shape index (κ1) is 13.1. The highest BCUT2D eigenvalue weighted by Gasteiger charge is 2.21. The van der Waals surface area contributed by atoms with E-state index in [0.717, 1.165) is 18.6 Å². The molecule has 2 aromatic rings. The number of hydrogen-bond donors (Lipinski definition) is 1. The van der Waals surface area contributed by atoms with E-state index in [1.165, 1.54) is 10.9 Å². The Bertz CT molecular complexity index is 492. The molecule has 1 aromatic heterocycles. The zero-order chi connectivity index (χ0) is 13.0. The average molecular weight is 247 g/mol. The molecule has 2 atom stereocenters. The molecule has 0 saturated carbocycles. The van der Waals surface area contributed by atoms with E-state index in [1.54, 1.807) is 7.11 Å². The van der Waals surface area contributed by atoms with Crippen molar-refractivity contribution in [1.82, 2.24) is 5.32 Å². The van der Waals surface area contributed by atoms with Gasteiger partial charge in [0.25, 0.3) is 0 Å². The van der Waals surface area contributed by atoms with Crippen LogP contribution < -0.4 is 5.32 Å². The van der Waals surface area contributed by atoms with Gasteiger partial charge in [0, 0.05) is 30.7 Å². The summed E-state index contributed by atoms with van der Waals surface area (Å²) in [6, 6.07) is 8.46. The molecule has 0 fully saturated rings. The highest BCUT2D eigenvalue weighted by atomic mass is 16.5. The minimum atomic E-state index is 0.295. The molecule has 0 aliphatic carbocycles. The second-order valence-corrected chi connectivity index (χ2v) is 4.71. The Hall–Kier alpha value is -1.32. The lowest BCUT2D eigenvalue weighted by molar-refractivity contribution is 0.171. The fourth-order valence-corrected chi connectivity index (χ4v) is 2.46. The van der Waals surface area contributed by atoms with Gasteiger partial charge in [-0.15, -0.1) is 0 Å². The largest absolute Gasteiger partial charge is 0.464 e. The quantitative estimate of drug-likeness (QED) is 0.850. The van der Waals surface area contributed by atoms with Gasteiger partial charge in [-0.05, 0) is 25.5 Å². The zero-order valence-corrected chi connectivity index (χ0v) is 11.3. The summed E-state index contributed by atoms with van der Waals surface area (Å²) in [6.45, 7) is 3.02. The Morgan fingerprint density at radius 2 is 2.11 bits per heavy atom. The third kappa shape index (κ3) is 2.57. The van der Waals surface area contributed by atoms with Crippen LogP contribution in [0.2, 0.25) is 0 Å². The van der Waals surface area contributed by atoms with Crippen LogP contribution in [0.5, 0.6) is 0 Å². The summed E-state index contributed by atoms with van der Waals surface area (Å²) in [5, 5.41) is 4.59. The summed E-state index contributed by atoms with van der Waals surface area (Å²) in [7, 11) is 3.74. The van der Waals surface area contributed by atoms with E-state index < -0.39 is 0 Å². The van der Waals surface area contributed by atoms with Crippen LogP contribution >= 0.6 is 0 Å². The molecule has 0 aliphatic rings. The van der Waals surface area contributed by atoms with E-state index in [-0.39, 0.29) is 0 Å². The Kier molecular flexibility index (Phi) is 4.39. The van der Waals surface area contributed by atoms with Crippen LogP contribution in [-0.4, -0.2) is 20.8 Å². The summed E-state index contributed by atoms with van der Waals surface area (Å²) in [5.74, 6) is 0.496. The topological polar surface area (TPSA) is 34.4 Å². The van der Waals surface area contributed by atoms with E-state index >= 15 is 0 Å². The lowest BCUT2D eigenvalue weighted by Crippen LogP contribution is -2.24. The van der Waals surface area contributed by atoms with Crippen molar-refractivity contribution < 1.29 is 9.15 Å². The van der Waals surface area contributed by atoms with Crippen molar-refractivity contribution in [2.45, 2.75) is 19.4 Å². The number of benzene rings is 1. The van der Waals surface area contributed by atoms with E-state index in [0.29, 0.717) is 12.0 Å².